The van der Waals surface area contributed by atoms with Crippen molar-refractivity contribution in [3.8, 4) is 0 Å². The van der Waals surface area contributed by atoms with Crippen molar-refractivity contribution >= 4 is 11.8 Å². The van der Waals surface area contributed by atoms with Gasteiger partial charge in [-0.05, 0) is 32.2 Å². The van der Waals surface area contributed by atoms with E-state index in [9.17, 15) is 9.59 Å². The predicted molar refractivity (Wildman–Crippen MR) is 59.6 cm³/mol. The zero-order valence-electron chi connectivity index (χ0n) is 9.52. The largest absolute Gasteiger partial charge is 0.332 e. The third-order valence-electron chi connectivity index (χ3n) is 3.38. The summed E-state index contributed by atoms with van der Waals surface area (Å²) in [6.07, 6.45) is 3.59. The first-order valence-corrected chi connectivity index (χ1v) is 6.02. The molecule has 2 saturated heterocycles. The average molecular weight is 225 g/mol. The highest BCUT2D eigenvalue weighted by molar-refractivity contribution is 5.95. The zero-order valence-corrected chi connectivity index (χ0v) is 9.52. The average Bonchev–Trinajstić information content (AvgIpc) is 2.75. The second-order valence-corrected chi connectivity index (χ2v) is 4.50. The molecule has 0 radical (unpaired) electrons. The molecule has 1 atom stereocenters. The van der Waals surface area contributed by atoms with E-state index in [-0.39, 0.29) is 24.4 Å². The van der Waals surface area contributed by atoms with E-state index in [1.54, 1.807) is 9.80 Å². The van der Waals surface area contributed by atoms with Crippen LogP contribution in [0.15, 0.2) is 0 Å². The summed E-state index contributed by atoms with van der Waals surface area (Å²) in [7, 11) is 0. The first kappa shape index (κ1) is 11.4. The minimum absolute atomic E-state index is 0.106. The summed E-state index contributed by atoms with van der Waals surface area (Å²) >= 11 is 0. The number of fused-ring (bicyclic) bond motifs is 1. The van der Waals surface area contributed by atoms with Crippen molar-refractivity contribution < 1.29 is 9.59 Å². The normalized spacial score (nSPS) is 25.2. The van der Waals surface area contributed by atoms with Gasteiger partial charge >= 0.3 is 0 Å². The predicted octanol–water partition coefficient (Wildman–Crippen LogP) is -0.441. The second-order valence-electron chi connectivity index (χ2n) is 4.50. The van der Waals surface area contributed by atoms with E-state index < -0.39 is 0 Å². The van der Waals surface area contributed by atoms with Crippen LogP contribution in [0.2, 0.25) is 0 Å². The summed E-state index contributed by atoms with van der Waals surface area (Å²) in [6, 6.07) is -0.167. The summed E-state index contributed by atoms with van der Waals surface area (Å²) in [6.45, 7) is 2.34. The standard InChI is InChI=1S/C11H19N3O2/c12-5-1-2-6-13-8-10(15)14-7-3-4-9(14)11(13)16/h9H,1-8,12H2. The molecule has 16 heavy (non-hydrogen) atoms. The lowest BCUT2D eigenvalue weighted by atomic mass is 10.1. The van der Waals surface area contributed by atoms with Gasteiger partial charge in [0.15, 0.2) is 0 Å². The van der Waals surface area contributed by atoms with Crippen molar-refractivity contribution in [3.63, 3.8) is 0 Å². The van der Waals surface area contributed by atoms with E-state index in [0.29, 0.717) is 13.1 Å². The number of carbonyl (C=O) groups excluding carboxylic acids is 2. The molecule has 2 aliphatic rings. The Kier molecular flexibility index (Phi) is 3.43. The quantitative estimate of drug-likeness (QED) is 0.659. The van der Waals surface area contributed by atoms with Crippen LogP contribution < -0.4 is 5.73 Å². The Morgan fingerprint density at radius 1 is 1.31 bits per heavy atom. The summed E-state index contributed by atoms with van der Waals surface area (Å²) in [5, 5.41) is 0. The van der Waals surface area contributed by atoms with Gasteiger partial charge in [0.2, 0.25) is 11.8 Å². The molecular formula is C11H19N3O2. The Morgan fingerprint density at radius 2 is 2.12 bits per heavy atom. The molecule has 0 bridgehead atoms. The Morgan fingerprint density at radius 3 is 2.88 bits per heavy atom. The van der Waals surface area contributed by atoms with E-state index in [2.05, 4.69) is 0 Å². The summed E-state index contributed by atoms with van der Waals surface area (Å²) in [5.41, 5.74) is 5.41. The fraction of sp³-hybridized carbons (Fsp3) is 0.818. The van der Waals surface area contributed by atoms with Crippen molar-refractivity contribution in [2.45, 2.75) is 31.7 Å². The van der Waals surface area contributed by atoms with Gasteiger partial charge in [-0.3, -0.25) is 9.59 Å². The van der Waals surface area contributed by atoms with Gasteiger partial charge in [0.05, 0.1) is 6.54 Å². The van der Waals surface area contributed by atoms with E-state index in [1.807, 2.05) is 0 Å². The zero-order chi connectivity index (χ0) is 11.5. The molecule has 0 spiro atoms. The molecule has 2 N–H and O–H groups in total. The van der Waals surface area contributed by atoms with Crippen LogP contribution >= 0.6 is 0 Å². The molecule has 1 unspecified atom stereocenters. The van der Waals surface area contributed by atoms with Crippen LogP contribution in [0.1, 0.15) is 25.7 Å². The number of unbranched alkanes of at least 4 members (excludes halogenated alkanes) is 1. The maximum absolute atomic E-state index is 12.0. The Bertz CT molecular complexity index is 293. The Hall–Kier alpha value is -1.10. The lowest BCUT2D eigenvalue weighted by Crippen LogP contribution is -2.57. The van der Waals surface area contributed by atoms with Gasteiger partial charge in [-0.25, -0.2) is 0 Å². The van der Waals surface area contributed by atoms with E-state index in [1.165, 1.54) is 0 Å². The first-order valence-electron chi connectivity index (χ1n) is 6.02. The molecule has 0 aromatic carbocycles. The smallest absolute Gasteiger partial charge is 0.245 e. The van der Waals surface area contributed by atoms with Gasteiger partial charge < -0.3 is 15.5 Å². The molecule has 2 heterocycles. The highest BCUT2D eigenvalue weighted by Crippen LogP contribution is 2.23. The van der Waals surface area contributed by atoms with Crippen LogP contribution in [0.3, 0.4) is 0 Å². The Labute approximate surface area is 95.6 Å². The summed E-state index contributed by atoms with van der Waals surface area (Å²) < 4.78 is 0. The molecule has 0 saturated carbocycles. The summed E-state index contributed by atoms with van der Waals surface area (Å²) in [4.78, 5) is 27.3. The monoisotopic (exact) mass is 225 g/mol. The third kappa shape index (κ3) is 2.04. The number of carbonyl (C=O) groups is 2. The first-order chi connectivity index (χ1) is 7.74. The fourth-order valence-corrected chi connectivity index (χ4v) is 2.50. The highest BCUT2D eigenvalue weighted by atomic mass is 16.2. The van der Waals surface area contributed by atoms with Gasteiger partial charge in [-0.15, -0.1) is 0 Å². The molecule has 2 rings (SSSR count). The number of nitrogens with zero attached hydrogens (tertiary/aromatic N) is 2. The van der Waals surface area contributed by atoms with Gasteiger partial charge in [0, 0.05) is 13.1 Å². The minimum atomic E-state index is -0.167. The second kappa shape index (κ2) is 4.82. The summed E-state index contributed by atoms with van der Waals surface area (Å²) in [5.74, 6) is 0.240. The number of piperazine rings is 1. The van der Waals surface area contributed by atoms with Crippen molar-refractivity contribution in [3.05, 3.63) is 0 Å². The van der Waals surface area contributed by atoms with Gasteiger partial charge in [-0.2, -0.15) is 0 Å². The molecule has 0 aliphatic carbocycles. The van der Waals surface area contributed by atoms with Crippen LogP contribution in [0.25, 0.3) is 0 Å². The Balaban J connectivity index is 1.94. The number of rotatable bonds is 4. The lowest BCUT2D eigenvalue weighted by molar-refractivity contribution is -0.153. The molecule has 5 nitrogen and oxygen atoms in total. The van der Waals surface area contributed by atoms with Crippen molar-refractivity contribution in [1.29, 1.82) is 0 Å². The van der Waals surface area contributed by atoms with Gasteiger partial charge in [0.25, 0.3) is 0 Å². The number of hydrogen-bond acceptors (Lipinski definition) is 3. The molecule has 5 heteroatoms. The molecule has 2 amide bonds. The SMILES string of the molecule is NCCCCN1CC(=O)N2CCCC2C1=O. The molecule has 0 aromatic heterocycles. The molecule has 2 fully saturated rings. The van der Waals surface area contributed by atoms with Crippen LogP contribution in [0.4, 0.5) is 0 Å². The van der Waals surface area contributed by atoms with Crippen LogP contribution in [-0.2, 0) is 9.59 Å². The number of amides is 2. The van der Waals surface area contributed by atoms with E-state index in [4.69, 9.17) is 5.73 Å². The van der Waals surface area contributed by atoms with E-state index in [0.717, 1.165) is 32.2 Å². The molecule has 90 valence electrons. The van der Waals surface area contributed by atoms with Gasteiger partial charge in [0.1, 0.15) is 6.04 Å². The minimum Gasteiger partial charge on any atom is -0.332 e. The number of hydrogen-bond donors (Lipinski definition) is 1. The van der Waals surface area contributed by atoms with Gasteiger partial charge in [-0.1, -0.05) is 0 Å². The highest BCUT2D eigenvalue weighted by Gasteiger charge is 2.41. The molecular weight excluding hydrogens is 206 g/mol. The topological polar surface area (TPSA) is 66.6 Å². The lowest BCUT2D eigenvalue weighted by Gasteiger charge is -2.36. The molecule has 2 aliphatic heterocycles. The van der Waals surface area contributed by atoms with Crippen LogP contribution in [0.5, 0.6) is 0 Å². The maximum Gasteiger partial charge on any atom is 0.245 e. The third-order valence-corrected chi connectivity index (χ3v) is 3.38. The van der Waals surface area contributed by atoms with Crippen molar-refractivity contribution in [1.82, 2.24) is 9.80 Å². The number of nitrogens with two attached hydrogens (primary N) is 1. The van der Waals surface area contributed by atoms with E-state index >= 15 is 0 Å². The molecule has 0 aromatic rings. The van der Waals surface area contributed by atoms with Crippen molar-refractivity contribution in [2.24, 2.45) is 5.73 Å². The van der Waals surface area contributed by atoms with Crippen LogP contribution in [0, 0.1) is 0 Å². The fourth-order valence-electron chi connectivity index (χ4n) is 2.50. The van der Waals surface area contributed by atoms with Crippen molar-refractivity contribution in [2.75, 3.05) is 26.2 Å². The maximum atomic E-state index is 12.0. The van der Waals surface area contributed by atoms with Crippen LogP contribution in [-0.4, -0.2) is 53.8 Å².